The quantitative estimate of drug-likeness (QED) is 0.652. The Labute approximate surface area is 139 Å². The first-order chi connectivity index (χ1) is 11.2. The zero-order valence-electron chi connectivity index (χ0n) is 13.5. The number of hydrogen-bond acceptors (Lipinski definition) is 5. The van der Waals surface area contributed by atoms with Crippen LogP contribution in [0.4, 0.5) is 9.18 Å². The molecule has 1 aromatic rings. The van der Waals surface area contributed by atoms with Gasteiger partial charge >= 0.3 is 6.09 Å². The molecule has 2 amide bonds. The van der Waals surface area contributed by atoms with Crippen LogP contribution in [0.15, 0.2) is 29.2 Å². The number of nitrogens with one attached hydrogen (secondary N) is 3. The van der Waals surface area contributed by atoms with E-state index in [9.17, 15) is 22.4 Å². The fourth-order valence-corrected chi connectivity index (χ4v) is 3.17. The lowest BCUT2D eigenvalue weighted by atomic mass is 10.1. The molecule has 0 aliphatic heterocycles. The molecule has 0 fully saturated rings. The molecule has 0 saturated carbocycles. The number of hydrogen-bond donors (Lipinski definition) is 3. The molecule has 1 aromatic carbocycles. The number of halogens is 1. The molecule has 1 rings (SSSR count). The third-order valence-corrected chi connectivity index (χ3v) is 4.39. The van der Waals surface area contributed by atoms with E-state index < -0.39 is 44.7 Å². The summed E-state index contributed by atoms with van der Waals surface area (Å²) in [5, 5.41) is 0. The number of amides is 2. The minimum atomic E-state index is -4.26. The highest BCUT2D eigenvalue weighted by molar-refractivity contribution is 7.89. The van der Waals surface area contributed by atoms with Crippen molar-refractivity contribution < 1.29 is 27.1 Å². The molecule has 0 saturated heterocycles. The van der Waals surface area contributed by atoms with Gasteiger partial charge in [-0.25, -0.2) is 23.0 Å². The van der Waals surface area contributed by atoms with E-state index in [2.05, 4.69) is 14.9 Å². The molecule has 0 aliphatic rings. The van der Waals surface area contributed by atoms with E-state index in [-0.39, 0.29) is 6.61 Å². The van der Waals surface area contributed by atoms with Crippen molar-refractivity contribution in [1.29, 1.82) is 0 Å². The first kappa shape index (κ1) is 19.8. The average Bonchev–Trinajstić information content (AvgIpc) is 2.50. The van der Waals surface area contributed by atoms with Gasteiger partial charge in [0.25, 0.3) is 5.91 Å². The number of ether oxygens (including phenoxy) is 1. The summed E-state index contributed by atoms with van der Waals surface area (Å²) in [4.78, 5) is 22.7. The van der Waals surface area contributed by atoms with Crippen molar-refractivity contribution in [2.75, 3.05) is 6.61 Å². The third-order valence-electron chi connectivity index (χ3n) is 2.92. The second kappa shape index (κ2) is 8.60. The molecule has 3 N–H and O–H groups in total. The highest BCUT2D eigenvalue weighted by atomic mass is 32.2. The van der Waals surface area contributed by atoms with Crippen molar-refractivity contribution in [2.24, 2.45) is 5.92 Å². The van der Waals surface area contributed by atoms with Crippen molar-refractivity contribution in [3.8, 4) is 0 Å². The lowest BCUT2D eigenvalue weighted by Crippen LogP contribution is -2.54. The minimum Gasteiger partial charge on any atom is -0.449 e. The lowest BCUT2D eigenvalue weighted by Gasteiger charge is -2.21. The van der Waals surface area contributed by atoms with Gasteiger partial charge in [-0.3, -0.25) is 10.2 Å². The van der Waals surface area contributed by atoms with E-state index in [1.54, 1.807) is 20.8 Å². The van der Waals surface area contributed by atoms with Crippen LogP contribution in [0, 0.1) is 11.7 Å². The standard InChI is InChI=1S/C14H20FN3O5S/c1-4-23-14(20)17-16-13(19)12(9(2)3)18-24(21,22)11-8-6-5-7-10(11)15/h5-9,12,18H,4H2,1-3H3,(H,16,19)(H,17,20)/t12-/m0/s1. The van der Waals surface area contributed by atoms with E-state index >= 15 is 0 Å². The predicted molar refractivity (Wildman–Crippen MR) is 83.6 cm³/mol. The van der Waals surface area contributed by atoms with Crippen molar-refractivity contribution in [1.82, 2.24) is 15.6 Å². The number of sulfonamides is 1. The van der Waals surface area contributed by atoms with Gasteiger partial charge in [0.15, 0.2) is 0 Å². The van der Waals surface area contributed by atoms with Crippen LogP contribution in [0.25, 0.3) is 0 Å². The molecule has 134 valence electrons. The summed E-state index contributed by atoms with van der Waals surface area (Å²) in [7, 11) is -4.26. The molecule has 0 unspecified atom stereocenters. The molecule has 0 aliphatic carbocycles. The van der Waals surface area contributed by atoms with Gasteiger partial charge < -0.3 is 4.74 Å². The monoisotopic (exact) mass is 361 g/mol. The van der Waals surface area contributed by atoms with Gasteiger partial charge in [-0.05, 0) is 25.0 Å². The van der Waals surface area contributed by atoms with Gasteiger partial charge in [-0.2, -0.15) is 4.72 Å². The number of hydrazine groups is 1. The molecule has 0 spiro atoms. The lowest BCUT2D eigenvalue weighted by molar-refractivity contribution is -0.124. The maximum absolute atomic E-state index is 13.7. The number of benzene rings is 1. The van der Waals surface area contributed by atoms with Crippen LogP contribution in [0.2, 0.25) is 0 Å². The zero-order valence-corrected chi connectivity index (χ0v) is 14.3. The first-order valence-corrected chi connectivity index (χ1v) is 8.66. The summed E-state index contributed by atoms with van der Waals surface area (Å²) in [5.74, 6) is -2.20. The number of rotatable bonds is 6. The molecule has 0 heterocycles. The normalized spacial score (nSPS) is 12.5. The van der Waals surface area contributed by atoms with Crippen LogP contribution in [0.5, 0.6) is 0 Å². The van der Waals surface area contributed by atoms with E-state index in [1.807, 2.05) is 5.43 Å². The van der Waals surface area contributed by atoms with Gasteiger partial charge in [-0.15, -0.1) is 0 Å². The molecular formula is C14H20FN3O5S. The second-order valence-corrected chi connectivity index (χ2v) is 6.79. The minimum absolute atomic E-state index is 0.106. The summed E-state index contributed by atoms with van der Waals surface area (Å²) in [5.41, 5.74) is 4.04. The zero-order chi connectivity index (χ0) is 18.3. The van der Waals surface area contributed by atoms with Crippen molar-refractivity contribution in [3.63, 3.8) is 0 Å². The summed E-state index contributed by atoms with van der Waals surface area (Å²) in [6, 6.07) is 3.58. The highest BCUT2D eigenvalue weighted by Crippen LogP contribution is 2.15. The van der Waals surface area contributed by atoms with Crippen LogP contribution in [-0.4, -0.2) is 33.1 Å². The fraction of sp³-hybridized carbons (Fsp3) is 0.429. The summed E-state index contributed by atoms with van der Waals surface area (Å²) in [6.45, 7) is 4.88. The SMILES string of the molecule is CCOC(=O)NNC(=O)[C@@H](NS(=O)(=O)c1ccccc1F)C(C)C. The maximum atomic E-state index is 13.7. The predicted octanol–water partition coefficient (Wildman–Crippen LogP) is 0.906. The Balaban J connectivity index is 2.88. The summed E-state index contributed by atoms with van der Waals surface area (Å²) < 4.78 is 44.9. The van der Waals surface area contributed by atoms with Crippen LogP contribution < -0.4 is 15.6 Å². The molecule has 1 atom stereocenters. The van der Waals surface area contributed by atoms with Crippen molar-refractivity contribution in [3.05, 3.63) is 30.1 Å². The average molecular weight is 361 g/mol. The Morgan fingerprint density at radius 3 is 2.38 bits per heavy atom. The fourth-order valence-electron chi connectivity index (χ4n) is 1.74. The maximum Gasteiger partial charge on any atom is 0.426 e. The Bertz CT molecular complexity index is 693. The highest BCUT2D eigenvalue weighted by Gasteiger charge is 2.30. The Kier molecular flexibility index (Phi) is 7.11. The van der Waals surface area contributed by atoms with Gasteiger partial charge in [-0.1, -0.05) is 26.0 Å². The molecule has 10 heteroatoms. The molecule has 24 heavy (non-hydrogen) atoms. The third kappa shape index (κ3) is 5.46. The van der Waals surface area contributed by atoms with Crippen LogP contribution in [0.3, 0.4) is 0 Å². The van der Waals surface area contributed by atoms with E-state index in [1.165, 1.54) is 12.1 Å². The van der Waals surface area contributed by atoms with Crippen LogP contribution in [-0.2, 0) is 19.6 Å². The molecule has 0 bridgehead atoms. The number of carbonyl (C=O) groups is 2. The Hall–Kier alpha value is -2.20. The van der Waals surface area contributed by atoms with Gasteiger partial charge in [0.1, 0.15) is 16.8 Å². The smallest absolute Gasteiger partial charge is 0.426 e. The number of carbonyl (C=O) groups excluding carboxylic acids is 2. The van der Waals surface area contributed by atoms with Crippen molar-refractivity contribution >= 4 is 22.0 Å². The summed E-state index contributed by atoms with van der Waals surface area (Å²) in [6.07, 6.45) is -0.884. The van der Waals surface area contributed by atoms with Crippen molar-refractivity contribution in [2.45, 2.75) is 31.7 Å². The molecule has 0 aromatic heterocycles. The first-order valence-electron chi connectivity index (χ1n) is 7.18. The Morgan fingerprint density at radius 1 is 1.21 bits per heavy atom. The van der Waals surface area contributed by atoms with E-state index in [0.717, 1.165) is 12.1 Å². The molecular weight excluding hydrogens is 341 g/mol. The van der Waals surface area contributed by atoms with Crippen LogP contribution >= 0.6 is 0 Å². The largest absolute Gasteiger partial charge is 0.449 e. The topological polar surface area (TPSA) is 114 Å². The van der Waals surface area contributed by atoms with Gasteiger partial charge in [0.05, 0.1) is 6.61 Å². The summed E-state index contributed by atoms with van der Waals surface area (Å²) >= 11 is 0. The molecule has 8 nitrogen and oxygen atoms in total. The molecule has 0 radical (unpaired) electrons. The van der Waals surface area contributed by atoms with E-state index in [4.69, 9.17) is 0 Å². The van der Waals surface area contributed by atoms with E-state index in [0.29, 0.717) is 0 Å². The van der Waals surface area contributed by atoms with Crippen LogP contribution in [0.1, 0.15) is 20.8 Å². The second-order valence-electron chi connectivity index (χ2n) is 5.11. The van der Waals surface area contributed by atoms with Gasteiger partial charge in [0, 0.05) is 0 Å². The van der Waals surface area contributed by atoms with Gasteiger partial charge in [0.2, 0.25) is 10.0 Å². The Morgan fingerprint density at radius 2 is 1.83 bits per heavy atom.